The van der Waals surface area contributed by atoms with E-state index in [1.807, 2.05) is 125 Å². The van der Waals surface area contributed by atoms with Crippen LogP contribution in [0.5, 0.6) is 34.5 Å². The average Bonchev–Trinajstić information content (AvgIpc) is 3.33. The first-order valence-electron chi connectivity index (χ1n) is 20.9. The molecule has 13 nitrogen and oxygen atoms in total. The molecule has 0 aliphatic rings. The molecule has 6 aromatic carbocycles. The number of nitrogens with two attached hydrogens (primary N) is 1. The molecule has 360 valence electrons. The Morgan fingerprint density at radius 3 is 1.18 bits per heavy atom. The summed E-state index contributed by atoms with van der Waals surface area (Å²) in [5.41, 5.74) is 10.6. The second kappa shape index (κ2) is 29.9. The number of carboxylic acids is 1. The summed E-state index contributed by atoms with van der Waals surface area (Å²) >= 11 is 0. The summed E-state index contributed by atoms with van der Waals surface area (Å²) < 4.78 is 33.1. The van der Waals surface area contributed by atoms with Crippen molar-refractivity contribution in [3.8, 4) is 34.5 Å². The van der Waals surface area contributed by atoms with Gasteiger partial charge in [-0.15, -0.1) is 24.8 Å². The van der Waals surface area contributed by atoms with E-state index in [0.717, 1.165) is 16.7 Å². The van der Waals surface area contributed by atoms with Gasteiger partial charge in [-0.25, -0.2) is 4.79 Å². The fourth-order valence-electron chi connectivity index (χ4n) is 6.64. The van der Waals surface area contributed by atoms with E-state index < -0.39 is 5.97 Å². The van der Waals surface area contributed by atoms with Crippen molar-refractivity contribution in [2.24, 2.45) is 5.73 Å². The number of nitrogens with zero attached hydrogens (tertiary/aromatic N) is 2. The molecule has 0 saturated carbocycles. The molecule has 0 saturated heterocycles. The Bertz CT molecular complexity index is 2290. The highest BCUT2D eigenvalue weighted by Crippen LogP contribution is 2.40. The van der Waals surface area contributed by atoms with Gasteiger partial charge in [0.1, 0.15) is 13.2 Å². The molecule has 0 spiro atoms. The first kappa shape index (κ1) is 56.6. The zero-order valence-electron chi connectivity index (χ0n) is 39.3. The predicted octanol–water partition coefficient (Wildman–Crippen LogP) is 9.39. The molecule has 0 heterocycles. The Hall–Kier alpha value is -6.48. The molecular formula is C52H64Cl2N4O9. The van der Waals surface area contributed by atoms with E-state index >= 15 is 0 Å². The number of ether oxygens (including phenoxy) is 6. The van der Waals surface area contributed by atoms with E-state index in [1.54, 1.807) is 26.4 Å². The number of aromatic carboxylic acids is 1. The third kappa shape index (κ3) is 17.4. The fourth-order valence-corrected chi connectivity index (χ4v) is 6.64. The summed E-state index contributed by atoms with van der Waals surface area (Å²) in [6.45, 7) is 1.82. The molecule has 1 amide bonds. The number of amides is 1. The number of hydrogen-bond acceptors (Lipinski definition) is 11. The third-order valence-electron chi connectivity index (χ3n) is 10.2. The number of carbonyl (C=O) groups is 2. The quantitative estimate of drug-likeness (QED) is 0.0709. The van der Waals surface area contributed by atoms with Gasteiger partial charge in [-0.2, -0.15) is 0 Å². The lowest BCUT2D eigenvalue weighted by atomic mass is 10.1. The lowest BCUT2D eigenvalue weighted by molar-refractivity contribution is 0.0695. The Morgan fingerprint density at radius 1 is 0.537 bits per heavy atom. The maximum atomic E-state index is 12.9. The minimum absolute atomic E-state index is 0. The van der Waals surface area contributed by atoms with Crippen molar-refractivity contribution in [1.82, 2.24) is 15.1 Å². The standard InChI is InChI=1S/C26H30N2O4.C16H16O5.C10H16N2.2ClH/c1-28(2)22(20-13-9-6-10-14-20)17-27-26(29)21-15-23(30-3)25(24(16-21)31-4)32-18-19-11-7-5-8-12-19;1-19-13-8-12(16(17)18)9-14(20-2)15(13)21-10-11-6-4-3-5-7-11;1-12(2)10(8-11)9-6-4-3-5-7-9;;/h5-16,22H,17-18H2,1-4H3,(H,27,29);3-9H,10H2,1-2H3,(H,17,18);3-7,10H,8,11H2,1-2H3;2*1H. The summed E-state index contributed by atoms with van der Waals surface area (Å²) in [6, 6.07) is 46.4. The maximum Gasteiger partial charge on any atom is 0.335 e. The zero-order valence-corrected chi connectivity index (χ0v) is 41.0. The number of benzene rings is 6. The molecule has 15 heteroatoms. The van der Waals surface area contributed by atoms with Crippen LogP contribution in [0.3, 0.4) is 0 Å². The van der Waals surface area contributed by atoms with Gasteiger partial charge in [-0.05, 0) is 74.7 Å². The average molecular weight is 960 g/mol. The Balaban J connectivity index is 0.000000378. The lowest BCUT2D eigenvalue weighted by Crippen LogP contribution is -2.34. The molecule has 6 aromatic rings. The van der Waals surface area contributed by atoms with Crippen LogP contribution in [-0.4, -0.2) is 96.5 Å². The Morgan fingerprint density at radius 2 is 0.866 bits per heavy atom. The van der Waals surface area contributed by atoms with Gasteiger partial charge in [0, 0.05) is 24.7 Å². The molecule has 6 rings (SSSR count). The summed E-state index contributed by atoms with van der Waals surface area (Å²) in [5, 5.41) is 12.1. The first-order valence-corrected chi connectivity index (χ1v) is 20.9. The minimum Gasteiger partial charge on any atom is -0.493 e. The number of hydrogen-bond donors (Lipinski definition) is 3. The molecular weight excluding hydrogens is 895 g/mol. The van der Waals surface area contributed by atoms with Crippen LogP contribution in [0.4, 0.5) is 0 Å². The molecule has 2 unspecified atom stereocenters. The van der Waals surface area contributed by atoms with E-state index in [0.29, 0.717) is 72.4 Å². The number of likely N-dealkylation sites (N-methyl/N-ethyl adjacent to an activating group) is 2. The van der Waals surface area contributed by atoms with E-state index in [4.69, 9.17) is 39.3 Å². The summed E-state index contributed by atoms with van der Waals surface area (Å²) in [4.78, 5) is 28.2. The van der Waals surface area contributed by atoms with E-state index in [-0.39, 0.29) is 42.3 Å². The van der Waals surface area contributed by atoms with Crippen molar-refractivity contribution in [1.29, 1.82) is 0 Å². The monoisotopic (exact) mass is 958 g/mol. The van der Waals surface area contributed by atoms with Gasteiger partial charge in [0.25, 0.3) is 5.91 Å². The van der Waals surface area contributed by atoms with Crippen LogP contribution >= 0.6 is 24.8 Å². The van der Waals surface area contributed by atoms with Crippen LogP contribution in [0.2, 0.25) is 0 Å². The molecule has 0 aliphatic heterocycles. The van der Waals surface area contributed by atoms with Crippen molar-refractivity contribution in [2.45, 2.75) is 25.3 Å². The van der Waals surface area contributed by atoms with Gasteiger partial charge in [0.15, 0.2) is 23.0 Å². The molecule has 2 atom stereocenters. The minimum atomic E-state index is -1.05. The molecule has 0 aliphatic carbocycles. The van der Waals surface area contributed by atoms with E-state index in [1.165, 1.54) is 31.9 Å². The van der Waals surface area contributed by atoms with Crippen LogP contribution in [0.15, 0.2) is 146 Å². The number of methoxy groups -OCH3 is 4. The van der Waals surface area contributed by atoms with E-state index in [2.05, 4.69) is 39.4 Å². The summed E-state index contributed by atoms with van der Waals surface area (Å²) in [7, 11) is 14.1. The largest absolute Gasteiger partial charge is 0.493 e. The third-order valence-corrected chi connectivity index (χ3v) is 10.2. The van der Waals surface area contributed by atoms with Crippen LogP contribution in [0.25, 0.3) is 0 Å². The van der Waals surface area contributed by atoms with E-state index in [9.17, 15) is 9.59 Å². The molecule has 0 bridgehead atoms. The smallest absolute Gasteiger partial charge is 0.335 e. The molecule has 0 radical (unpaired) electrons. The number of carbonyl (C=O) groups excluding carboxylic acids is 1. The molecule has 67 heavy (non-hydrogen) atoms. The fraction of sp³-hybridized carbons (Fsp3) is 0.269. The van der Waals surface area contributed by atoms with Gasteiger partial charge in [0.2, 0.25) is 11.5 Å². The Labute approximate surface area is 407 Å². The van der Waals surface area contributed by atoms with Crippen LogP contribution < -0.4 is 39.5 Å². The number of carboxylic acid groups (broad SMARTS) is 1. The van der Waals surface area contributed by atoms with Gasteiger partial charge in [0.05, 0.1) is 40.0 Å². The molecule has 0 aromatic heterocycles. The topological polar surface area (TPSA) is 154 Å². The SMILES string of the molecule is CN(C)C(CN)c1ccccc1.COc1cc(C(=O)NCC(c2ccccc2)N(C)C)cc(OC)c1OCc1ccccc1.COc1cc(C(=O)O)cc(OC)c1OCc1ccccc1.Cl.Cl. The van der Waals surface area contributed by atoms with Crippen LogP contribution in [0.1, 0.15) is 55.1 Å². The van der Waals surface area contributed by atoms with Crippen LogP contribution in [0, 0.1) is 0 Å². The number of halogens is 2. The van der Waals surface area contributed by atoms with Gasteiger partial charge in [-0.1, -0.05) is 121 Å². The van der Waals surface area contributed by atoms with Gasteiger partial charge in [-0.3, -0.25) is 4.79 Å². The van der Waals surface area contributed by atoms with Crippen molar-refractivity contribution in [2.75, 3.05) is 69.7 Å². The highest BCUT2D eigenvalue weighted by Gasteiger charge is 2.21. The maximum absolute atomic E-state index is 12.9. The summed E-state index contributed by atoms with van der Waals surface area (Å²) in [6.07, 6.45) is 0. The highest BCUT2D eigenvalue weighted by molar-refractivity contribution is 5.95. The van der Waals surface area contributed by atoms with Crippen molar-refractivity contribution in [3.05, 3.63) is 179 Å². The van der Waals surface area contributed by atoms with Crippen molar-refractivity contribution < 1.29 is 43.1 Å². The lowest BCUT2D eigenvalue weighted by Gasteiger charge is -2.25. The second-order valence-electron chi connectivity index (χ2n) is 15.0. The van der Waals surface area contributed by atoms with Crippen molar-refractivity contribution >= 4 is 36.7 Å². The molecule has 4 N–H and O–H groups in total. The first-order chi connectivity index (χ1) is 31.4. The van der Waals surface area contributed by atoms with Gasteiger partial charge >= 0.3 is 5.97 Å². The van der Waals surface area contributed by atoms with Gasteiger partial charge < -0.3 is 54.4 Å². The summed E-state index contributed by atoms with van der Waals surface area (Å²) in [5.74, 6) is 1.11. The van der Waals surface area contributed by atoms with Crippen LogP contribution in [-0.2, 0) is 13.2 Å². The zero-order chi connectivity index (χ0) is 47.1. The highest BCUT2D eigenvalue weighted by atomic mass is 35.5. The predicted molar refractivity (Wildman–Crippen MR) is 269 cm³/mol. The number of rotatable bonds is 19. The molecule has 0 fully saturated rings. The normalized spacial score (nSPS) is 11.1. The second-order valence-corrected chi connectivity index (χ2v) is 15.0. The number of nitrogens with one attached hydrogen (secondary N) is 1. The Kier molecular flexibility index (Phi) is 25.3. The van der Waals surface area contributed by atoms with Crippen molar-refractivity contribution in [3.63, 3.8) is 0 Å².